The molecule has 8 nitrogen and oxygen atoms in total. The zero-order valence-electron chi connectivity index (χ0n) is 24.6. The van der Waals surface area contributed by atoms with Gasteiger partial charge in [-0.15, -0.1) is 0 Å². The van der Waals surface area contributed by atoms with Crippen molar-refractivity contribution in [3.8, 4) is 11.1 Å². The highest BCUT2D eigenvalue weighted by atomic mass is 32.2. The van der Waals surface area contributed by atoms with Crippen LogP contribution in [-0.4, -0.2) is 47.4 Å². The molecule has 9 heteroatoms. The maximum Gasteiger partial charge on any atom is 0.320 e. The summed E-state index contributed by atoms with van der Waals surface area (Å²) in [5.41, 5.74) is 12.8. The lowest BCUT2D eigenvalue weighted by Crippen LogP contribution is -2.79. The number of nitrogens with zero attached hydrogens (tertiary/aromatic N) is 1. The van der Waals surface area contributed by atoms with E-state index in [0.29, 0.717) is 24.3 Å². The van der Waals surface area contributed by atoms with Crippen molar-refractivity contribution in [1.82, 2.24) is 5.32 Å². The number of aliphatic carboxylic acids is 1. The Bertz CT molecular complexity index is 1150. The highest BCUT2D eigenvalue weighted by Crippen LogP contribution is 2.32. The first-order chi connectivity index (χ1) is 19.9. The molecule has 1 aliphatic carbocycles. The number of benzene rings is 2. The SMILES string of the molecule is C[NH2+]/C(=C\N=N)C(CCC1CCCCC1)OCc1ccc(C(O)N[C@@H](CCSC)C(=O)O)c(-c2ccccc2C)c1. The number of aliphatic hydroxyl groups is 1. The second-order valence-electron chi connectivity index (χ2n) is 10.9. The summed E-state index contributed by atoms with van der Waals surface area (Å²) in [5.74, 6) is 0.432. The van der Waals surface area contributed by atoms with Crippen molar-refractivity contribution in [1.29, 1.82) is 5.53 Å². The summed E-state index contributed by atoms with van der Waals surface area (Å²) in [6.45, 7) is 2.40. The van der Waals surface area contributed by atoms with Gasteiger partial charge in [0, 0.05) is 5.56 Å². The molecule has 0 amide bonds. The van der Waals surface area contributed by atoms with Gasteiger partial charge in [0.1, 0.15) is 24.6 Å². The third kappa shape index (κ3) is 10.0. The molecule has 1 saturated carbocycles. The Morgan fingerprint density at radius 2 is 1.95 bits per heavy atom. The van der Waals surface area contributed by atoms with Crippen molar-refractivity contribution >= 4 is 17.7 Å². The summed E-state index contributed by atoms with van der Waals surface area (Å²) >= 11 is 1.58. The Hall–Kier alpha value is -2.56. The van der Waals surface area contributed by atoms with Gasteiger partial charge in [-0.05, 0) is 72.4 Å². The van der Waals surface area contributed by atoms with Gasteiger partial charge in [0.15, 0.2) is 5.70 Å². The molecular weight excluding hydrogens is 536 g/mol. The predicted octanol–water partition coefficient (Wildman–Crippen LogP) is 5.76. The number of rotatable bonds is 17. The van der Waals surface area contributed by atoms with Crippen LogP contribution in [0, 0.1) is 18.4 Å². The van der Waals surface area contributed by atoms with E-state index in [1.54, 1.807) is 18.0 Å². The fraction of sp³-hybridized carbons (Fsp3) is 0.531. The number of aliphatic hydroxyl groups excluding tert-OH is 1. The summed E-state index contributed by atoms with van der Waals surface area (Å²) in [7, 11) is 1.96. The lowest BCUT2D eigenvalue weighted by Gasteiger charge is -2.25. The number of carboxylic acid groups (broad SMARTS) is 1. The van der Waals surface area contributed by atoms with E-state index in [2.05, 4.69) is 10.4 Å². The Morgan fingerprint density at radius 3 is 2.61 bits per heavy atom. The minimum absolute atomic E-state index is 0.155. The van der Waals surface area contributed by atoms with Gasteiger partial charge < -0.3 is 20.3 Å². The van der Waals surface area contributed by atoms with Crippen LogP contribution in [-0.2, 0) is 16.1 Å². The van der Waals surface area contributed by atoms with Crippen LogP contribution < -0.4 is 10.6 Å². The second kappa shape index (κ2) is 17.4. The Balaban J connectivity index is 1.85. The Labute approximate surface area is 248 Å². The van der Waals surface area contributed by atoms with Crippen LogP contribution in [0.2, 0.25) is 0 Å². The van der Waals surface area contributed by atoms with E-state index >= 15 is 0 Å². The van der Waals surface area contributed by atoms with Crippen molar-refractivity contribution in [2.24, 2.45) is 11.0 Å². The first-order valence-electron chi connectivity index (χ1n) is 14.7. The maximum atomic E-state index is 11.8. The van der Waals surface area contributed by atoms with Crippen LogP contribution in [0.5, 0.6) is 0 Å². The second-order valence-corrected chi connectivity index (χ2v) is 11.9. The number of carbonyl (C=O) groups is 1. The van der Waals surface area contributed by atoms with Gasteiger partial charge >= 0.3 is 5.97 Å². The molecule has 3 rings (SSSR count). The first kappa shape index (κ1) is 32.9. The zero-order chi connectivity index (χ0) is 29.6. The molecule has 0 saturated heterocycles. The highest BCUT2D eigenvalue weighted by Gasteiger charge is 2.25. The van der Waals surface area contributed by atoms with Crippen LogP contribution in [0.15, 0.2) is 59.5 Å². The normalized spacial score (nSPS) is 16.7. The molecule has 1 fully saturated rings. The lowest BCUT2D eigenvalue weighted by molar-refractivity contribution is -0.584. The number of aryl methyl sites for hydroxylation is 1. The van der Waals surface area contributed by atoms with Gasteiger partial charge in [0.2, 0.25) is 0 Å². The number of hydrogen-bond acceptors (Lipinski definition) is 7. The molecule has 2 aromatic rings. The van der Waals surface area contributed by atoms with Gasteiger partial charge in [-0.2, -0.15) is 16.9 Å². The fourth-order valence-electron chi connectivity index (χ4n) is 5.66. The molecule has 3 atom stereocenters. The van der Waals surface area contributed by atoms with E-state index in [4.69, 9.17) is 10.3 Å². The van der Waals surface area contributed by atoms with Crippen molar-refractivity contribution in [3.63, 3.8) is 0 Å². The van der Waals surface area contributed by atoms with Gasteiger partial charge in [-0.25, -0.2) is 5.53 Å². The predicted molar refractivity (Wildman–Crippen MR) is 165 cm³/mol. The molecule has 6 N–H and O–H groups in total. The lowest BCUT2D eigenvalue weighted by atomic mass is 9.85. The number of hydrogen-bond donors (Lipinski definition) is 5. The molecule has 0 spiro atoms. The van der Waals surface area contributed by atoms with Crippen LogP contribution >= 0.6 is 11.8 Å². The standard InChI is InChI=1S/C32H46N4O4S/c1-22-9-7-8-12-25(22)27-19-24(13-15-26(27)31(37)36-28(32(38)39)17-18-41-3)21-40-30(29(34-2)20-35-33)16-14-23-10-5-4-6-11-23/h7-9,12-13,15,19-20,23,28,30-31,33-34,36-37H,4-6,10-11,14,16-18,21H2,1-3H3,(H,38,39)/p+1/b29-20-,35-33?/t28-,30?,31?/m0/s1. The van der Waals surface area contributed by atoms with Crippen molar-refractivity contribution in [2.75, 3.05) is 19.1 Å². The van der Waals surface area contributed by atoms with Crippen molar-refractivity contribution in [3.05, 3.63) is 71.1 Å². The monoisotopic (exact) mass is 583 g/mol. The van der Waals surface area contributed by atoms with Gasteiger partial charge in [-0.3, -0.25) is 10.1 Å². The molecule has 0 bridgehead atoms. The van der Waals surface area contributed by atoms with E-state index in [1.807, 2.05) is 68.0 Å². The zero-order valence-corrected chi connectivity index (χ0v) is 25.5. The number of quaternary nitrogens is 1. The molecule has 0 radical (unpaired) electrons. The summed E-state index contributed by atoms with van der Waals surface area (Å²) < 4.78 is 6.49. The summed E-state index contributed by atoms with van der Waals surface area (Å²) in [4.78, 5) is 11.8. The van der Waals surface area contributed by atoms with Crippen LogP contribution in [0.1, 0.15) is 74.3 Å². The minimum Gasteiger partial charge on any atom is -0.480 e. The highest BCUT2D eigenvalue weighted by molar-refractivity contribution is 7.98. The summed E-state index contributed by atoms with van der Waals surface area (Å²) in [5, 5.41) is 29.3. The Morgan fingerprint density at radius 1 is 1.20 bits per heavy atom. The van der Waals surface area contributed by atoms with Crippen LogP contribution in [0.4, 0.5) is 0 Å². The van der Waals surface area contributed by atoms with Gasteiger partial charge in [-0.1, -0.05) is 68.5 Å². The third-order valence-corrected chi connectivity index (χ3v) is 8.69. The van der Waals surface area contributed by atoms with E-state index < -0.39 is 18.2 Å². The molecule has 2 aromatic carbocycles. The van der Waals surface area contributed by atoms with Crippen molar-refractivity contribution in [2.45, 2.75) is 83.3 Å². The van der Waals surface area contributed by atoms with E-state index in [9.17, 15) is 15.0 Å². The molecule has 1 aliphatic rings. The summed E-state index contributed by atoms with van der Waals surface area (Å²) in [6, 6.07) is 13.0. The average Bonchev–Trinajstić information content (AvgIpc) is 2.98. The smallest absolute Gasteiger partial charge is 0.320 e. The van der Waals surface area contributed by atoms with Crippen molar-refractivity contribution < 1.29 is 25.1 Å². The summed E-state index contributed by atoms with van der Waals surface area (Å²) in [6.07, 6.45) is 11.1. The molecule has 0 aliphatic heterocycles. The number of carboxylic acids is 1. The van der Waals surface area contributed by atoms with Gasteiger partial charge in [0.05, 0.1) is 13.7 Å². The number of ether oxygens (including phenoxy) is 1. The minimum atomic E-state index is -1.14. The van der Waals surface area contributed by atoms with Crippen LogP contribution in [0.3, 0.4) is 0 Å². The van der Waals surface area contributed by atoms with Gasteiger partial charge in [0.25, 0.3) is 0 Å². The molecule has 0 heterocycles. The molecular formula is C32H47N4O4S+. The number of thioether (sulfide) groups is 1. The largest absolute Gasteiger partial charge is 0.480 e. The topological polar surface area (TPSA) is 132 Å². The number of nitrogens with one attached hydrogen (secondary N) is 2. The van der Waals surface area contributed by atoms with E-state index in [1.165, 1.54) is 32.1 Å². The van der Waals surface area contributed by atoms with E-state index in [-0.39, 0.29) is 6.10 Å². The Kier molecular flexibility index (Phi) is 14.0. The quantitative estimate of drug-likeness (QED) is 0.119. The third-order valence-electron chi connectivity index (χ3n) is 8.05. The molecule has 41 heavy (non-hydrogen) atoms. The maximum absolute atomic E-state index is 11.8. The van der Waals surface area contributed by atoms with E-state index in [0.717, 1.165) is 46.7 Å². The average molecular weight is 584 g/mol. The van der Waals surface area contributed by atoms with Crippen LogP contribution in [0.25, 0.3) is 11.1 Å². The number of nitrogens with two attached hydrogens (primary N) is 1. The number of likely N-dealkylation sites (N-methyl/N-ethyl adjacent to an activating group) is 1. The molecule has 2 unspecified atom stereocenters. The molecule has 224 valence electrons. The molecule has 0 aromatic heterocycles. The first-order valence-corrected chi connectivity index (χ1v) is 16.1. The fourth-order valence-corrected chi connectivity index (χ4v) is 6.13.